The lowest BCUT2D eigenvalue weighted by molar-refractivity contribution is -0.114. The van der Waals surface area contributed by atoms with Gasteiger partial charge >= 0.3 is 5.97 Å². The van der Waals surface area contributed by atoms with E-state index in [1.165, 1.54) is 32.7 Å². The molecule has 1 aromatic heterocycles. The highest BCUT2D eigenvalue weighted by Gasteiger charge is 2.19. The van der Waals surface area contributed by atoms with Gasteiger partial charge in [0.15, 0.2) is 11.5 Å². The molecule has 8 nitrogen and oxygen atoms in total. The van der Waals surface area contributed by atoms with Gasteiger partial charge in [0.05, 0.1) is 40.0 Å². The first-order chi connectivity index (χ1) is 14.0. The Labute approximate surface area is 174 Å². The topological polar surface area (TPSA) is 95.1 Å². The van der Waals surface area contributed by atoms with Crippen molar-refractivity contribution < 1.29 is 28.5 Å². The van der Waals surface area contributed by atoms with E-state index in [0.717, 1.165) is 11.3 Å². The van der Waals surface area contributed by atoms with Crippen molar-refractivity contribution in [3.8, 4) is 17.2 Å². The average molecular weight is 423 g/mol. The second-order valence-corrected chi connectivity index (χ2v) is 6.98. The molecule has 1 heterocycles. The molecule has 0 atom stereocenters. The molecule has 0 saturated heterocycles. The fourth-order valence-electron chi connectivity index (χ4n) is 2.61. The molecule has 2 N–H and O–H groups in total. The van der Waals surface area contributed by atoms with E-state index in [9.17, 15) is 9.59 Å². The molecule has 0 aliphatic rings. The minimum Gasteiger partial charge on any atom is -0.493 e. The van der Waals surface area contributed by atoms with E-state index in [4.69, 9.17) is 18.9 Å². The molecular formula is C20H26N2O6S. The Morgan fingerprint density at radius 3 is 2.17 bits per heavy atom. The van der Waals surface area contributed by atoms with Crippen LogP contribution in [0.3, 0.4) is 0 Å². The Hall–Kier alpha value is -2.94. The van der Waals surface area contributed by atoms with Gasteiger partial charge in [-0.3, -0.25) is 4.79 Å². The lowest BCUT2D eigenvalue weighted by Crippen LogP contribution is -2.22. The number of methoxy groups -OCH3 is 3. The predicted octanol–water partition coefficient (Wildman–Crippen LogP) is 3.56. The van der Waals surface area contributed by atoms with Crippen molar-refractivity contribution in [1.29, 1.82) is 0 Å². The van der Waals surface area contributed by atoms with E-state index in [1.54, 1.807) is 25.1 Å². The number of nitrogens with one attached hydrogen (secondary N) is 2. The summed E-state index contributed by atoms with van der Waals surface area (Å²) in [5.41, 5.74) is 0.996. The smallest absolute Gasteiger partial charge is 0.341 e. The zero-order valence-corrected chi connectivity index (χ0v) is 18.0. The van der Waals surface area contributed by atoms with E-state index >= 15 is 0 Å². The highest BCUT2D eigenvalue weighted by Crippen LogP contribution is 2.39. The van der Waals surface area contributed by atoms with Crippen molar-refractivity contribution in [1.82, 2.24) is 0 Å². The van der Waals surface area contributed by atoms with Crippen LogP contribution in [0.25, 0.3) is 0 Å². The van der Waals surface area contributed by atoms with Crippen LogP contribution >= 0.6 is 11.3 Å². The standard InChI is InChI=1S/C20H26N2O6S/c1-6-13-10-14(20(24)28-7-2)19(29-13)22-17(23)11-21-12-8-15(25-3)18(27-5)16(9-12)26-4/h8-10,21H,6-7,11H2,1-5H3,(H,22,23). The molecule has 158 valence electrons. The molecule has 0 spiro atoms. The minimum absolute atomic E-state index is 0.0136. The first-order valence-electron chi connectivity index (χ1n) is 9.10. The van der Waals surface area contributed by atoms with Crippen LogP contribution in [0, 0.1) is 0 Å². The number of carbonyl (C=O) groups is 2. The Balaban J connectivity index is 2.11. The quantitative estimate of drug-likeness (QED) is 0.565. The van der Waals surface area contributed by atoms with E-state index in [1.807, 2.05) is 6.92 Å². The van der Waals surface area contributed by atoms with Gasteiger partial charge in [0.25, 0.3) is 0 Å². The third-order valence-electron chi connectivity index (χ3n) is 4.00. The Morgan fingerprint density at radius 1 is 1.00 bits per heavy atom. The largest absolute Gasteiger partial charge is 0.493 e. The molecule has 0 radical (unpaired) electrons. The molecule has 1 amide bonds. The highest BCUT2D eigenvalue weighted by molar-refractivity contribution is 7.16. The maximum absolute atomic E-state index is 12.4. The molecule has 1 aromatic carbocycles. The van der Waals surface area contributed by atoms with E-state index in [-0.39, 0.29) is 19.1 Å². The summed E-state index contributed by atoms with van der Waals surface area (Å²) < 4.78 is 21.0. The summed E-state index contributed by atoms with van der Waals surface area (Å²) >= 11 is 1.36. The summed E-state index contributed by atoms with van der Waals surface area (Å²) in [6, 6.07) is 5.17. The molecule has 2 aromatic rings. The van der Waals surface area contributed by atoms with E-state index in [2.05, 4.69) is 10.6 Å². The lowest BCUT2D eigenvalue weighted by Gasteiger charge is -2.15. The van der Waals surface area contributed by atoms with Crippen molar-refractivity contribution in [2.24, 2.45) is 0 Å². The van der Waals surface area contributed by atoms with Crippen LogP contribution in [0.1, 0.15) is 29.1 Å². The third-order valence-corrected chi connectivity index (χ3v) is 5.19. The van der Waals surface area contributed by atoms with Crippen molar-refractivity contribution in [3.05, 3.63) is 28.6 Å². The van der Waals surface area contributed by atoms with Gasteiger partial charge in [0, 0.05) is 22.7 Å². The predicted molar refractivity (Wildman–Crippen MR) is 113 cm³/mol. The normalized spacial score (nSPS) is 10.2. The minimum atomic E-state index is -0.448. The van der Waals surface area contributed by atoms with Crippen LogP contribution < -0.4 is 24.8 Å². The first kappa shape index (κ1) is 22.4. The average Bonchev–Trinajstić information content (AvgIpc) is 3.14. The number of hydrogen-bond acceptors (Lipinski definition) is 8. The number of benzene rings is 1. The fraction of sp³-hybridized carbons (Fsp3) is 0.400. The molecule has 0 unspecified atom stereocenters. The van der Waals surface area contributed by atoms with Crippen molar-refractivity contribution in [2.45, 2.75) is 20.3 Å². The van der Waals surface area contributed by atoms with Gasteiger partial charge in [-0.15, -0.1) is 11.3 Å². The number of aryl methyl sites for hydroxylation is 1. The van der Waals surface area contributed by atoms with Crippen LogP contribution in [0.4, 0.5) is 10.7 Å². The second-order valence-electron chi connectivity index (χ2n) is 5.85. The lowest BCUT2D eigenvalue weighted by atomic mass is 10.2. The van der Waals surface area contributed by atoms with Crippen molar-refractivity contribution in [2.75, 3.05) is 45.1 Å². The van der Waals surface area contributed by atoms with Crippen molar-refractivity contribution in [3.63, 3.8) is 0 Å². The summed E-state index contributed by atoms with van der Waals surface area (Å²) in [5, 5.41) is 6.29. The monoisotopic (exact) mass is 422 g/mol. The van der Waals surface area contributed by atoms with Crippen LogP contribution in [0.2, 0.25) is 0 Å². The number of amides is 1. The maximum Gasteiger partial charge on any atom is 0.341 e. The zero-order valence-electron chi connectivity index (χ0n) is 17.2. The van der Waals surface area contributed by atoms with Gasteiger partial charge in [-0.1, -0.05) is 6.92 Å². The highest BCUT2D eigenvalue weighted by atomic mass is 32.1. The van der Waals surface area contributed by atoms with Gasteiger partial charge in [0.2, 0.25) is 11.7 Å². The van der Waals surface area contributed by atoms with Gasteiger partial charge in [-0.05, 0) is 19.4 Å². The molecule has 29 heavy (non-hydrogen) atoms. The number of hydrogen-bond donors (Lipinski definition) is 2. The molecule has 0 aliphatic heterocycles. The SMILES string of the molecule is CCOC(=O)c1cc(CC)sc1NC(=O)CNc1cc(OC)c(OC)c(OC)c1. The Morgan fingerprint density at radius 2 is 1.66 bits per heavy atom. The van der Waals surface area contributed by atoms with Crippen LogP contribution in [0.5, 0.6) is 17.2 Å². The molecule has 0 bridgehead atoms. The summed E-state index contributed by atoms with van der Waals surface area (Å²) in [4.78, 5) is 25.6. The zero-order chi connectivity index (χ0) is 21.4. The number of rotatable bonds is 10. The van der Waals surface area contributed by atoms with Gasteiger partial charge in [-0.2, -0.15) is 0 Å². The molecule has 2 rings (SSSR count). The van der Waals surface area contributed by atoms with Crippen LogP contribution in [-0.2, 0) is 16.0 Å². The summed E-state index contributed by atoms with van der Waals surface area (Å²) in [5.74, 6) is 0.676. The third kappa shape index (κ3) is 5.54. The number of anilines is 2. The molecule has 9 heteroatoms. The van der Waals surface area contributed by atoms with E-state index in [0.29, 0.717) is 33.5 Å². The number of thiophene rings is 1. The summed E-state index contributed by atoms with van der Waals surface area (Å²) in [6.45, 7) is 3.98. The molecule has 0 aliphatic carbocycles. The second kappa shape index (κ2) is 10.6. The van der Waals surface area contributed by atoms with Gasteiger partial charge in [0.1, 0.15) is 5.00 Å². The van der Waals surface area contributed by atoms with Gasteiger partial charge in [-0.25, -0.2) is 4.79 Å². The van der Waals surface area contributed by atoms with E-state index < -0.39 is 5.97 Å². The molecule has 0 fully saturated rings. The van der Waals surface area contributed by atoms with Gasteiger partial charge < -0.3 is 29.6 Å². The Bertz CT molecular complexity index is 840. The van der Waals surface area contributed by atoms with Crippen LogP contribution in [0.15, 0.2) is 18.2 Å². The Kier molecular flexibility index (Phi) is 8.14. The first-order valence-corrected chi connectivity index (χ1v) is 9.92. The maximum atomic E-state index is 12.4. The molecule has 0 saturated carbocycles. The van der Waals surface area contributed by atoms with Crippen molar-refractivity contribution >= 4 is 33.9 Å². The fourth-order valence-corrected chi connectivity index (χ4v) is 3.61. The number of esters is 1. The summed E-state index contributed by atoms with van der Waals surface area (Å²) in [6.07, 6.45) is 0.761. The number of ether oxygens (including phenoxy) is 4. The molecular weight excluding hydrogens is 396 g/mol. The number of carbonyl (C=O) groups excluding carboxylic acids is 2. The summed E-state index contributed by atoms with van der Waals surface area (Å²) in [7, 11) is 4.56. The van der Waals surface area contributed by atoms with Crippen LogP contribution in [-0.4, -0.2) is 46.4 Å².